The number of nitrogens with one attached hydrogen (secondary N) is 1. The van der Waals surface area contributed by atoms with Crippen LogP contribution in [0.1, 0.15) is 35.7 Å². The van der Waals surface area contributed by atoms with Crippen molar-refractivity contribution in [3.63, 3.8) is 0 Å². The molecule has 4 nitrogen and oxygen atoms in total. The van der Waals surface area contributed by atoms with Crippen LogP contribution in [0.3, 0.4) is 0 Å². The zero-order valence-electron chi connectivity index (χ0n) is 11.2. The molecular weight excluding hydrogens is 247 g/mol. The van der Waals surface area contributed by atoms with E-state index >= 15 is 0 Å². The molecule has 0 saturated carbocycles. The van der Waals surface area contributed by atoms with Crippen molar-refractivity contribution in [1.82, 2.24) is 5.32 Å². The average molecular weight is 268 g/mol. The predicted octanol–water partition coefficient (Wildman–Crippen LogP) is 1.83. The van der Waals surface area contributed by atoms with E-state index in [-0.39, 0.29) is 5.56 Å². The highest BCUT2D eigenvalue weighted by molar-refractivity contribution is 5.92. The summed E-state index contributed by atoms with van der Waals surface area (Å²) >= 11 is 0. The smallest absolute Gasteiger partial charge is 0.248 e. The predicted molar refractivity (Wildman–Crippen MR) is 72.4 cm³/mol. The van der Waals surface area contributed by atoms with E-state index in [0.29, 0.717) is 25.3 Å². The molecule has 1 amide bonds. The maximum Gasteiger partial charge on any atom is 0.248 e. The summed E-state index contributed by atoms with van der Waals surface area (Å²) in [5, 5.41) is 3.09. The minimum absolute atomic E-state index is 0.184. The third kappa shape index (κ3) is 5.81. The first-order valence-electron chi connectivity index (χ1n) is 6.51. The van der Waals surface area contributed by atoms with Crippen molar-refractivity contribution >= 4 is 5.91 Å². The van der Waals surface area contributed by atoms with Crippen LogP contribution in [0.2, 0.25) is 0 Å². The van der Waals surface area contributed by atoms with Crippen LogP contribution in [0.5, 0.6) is 0 Å². The fourth-order valence-electron chi connectivity index (χ4n) is 1.56. The van der Waals surface area contributed by atoms with Crippen molar-refractivity contribution in [3.8, 4) is 0 Å². The monoisotopic (exact) mass is 268 g/mol. The van der Waals surface area contributed by atoms with Gasteiger partial charge in [-0.05, 0) is 18.6 Å². The summed E-state index contributed by atoms with van der Waals surface area (Å²) in [6, 6.07) is 4.26. The Labute approximate surface area is 113 Å². The number of hydrogen-bond donors (Lipinski definition) is 2. The van der Waals surface area contributed by atoms with E-state index in [4.69, 9.17) is 10.5 Å². The van der Waals surface area contributed by atoms with Gasteiger partial charge in [-0.25, -0.2) is 4.39 Å². The highest BCUT2D eigenvalue weighted by atomic mass is 19.1. The van der Waals surface area contributed by atoms with Gasteiger partial charge in [-0.2, -0.15) is 0 Å². The molecule has 0 fully saturated rings. The first-order chi connectivity index (χ1) is 9.15. The summed E-state index contributed by atoms with van der Waals surface area (Å²) in [4.78, 5) is 10.9. The lowest BCUT2D eigenvalue weighted by Crippen LogP contribution is -2.20. The van der Waals surface area contributed by atoms with Crippen LogP contribution < -0.4 is 11.1 Å². The van der Waals surface area contributed by atoms with Crippen LogP contribution in [0, 0.1) is 5.82 Å². The number of rotatable bonds is 9. The van der Waals surface area contributed by atoms with E-state index < -0.39 is 11.7 Å². The number of hydrogen-bond acceptors (Lipinski definition) is 3. The Morgan fingerprint density at radius 1 is 1.42 bits per heavy atom. The summed E-state index contributed by atoms with van der Waals surface area (Å²) in [5.74, 6) is -1.04. The molecule has 1 aromatic rings. The number of unbranched alkanes of at least 4 members (excludes halogenated alkanes) is 1. The molecule has 0 bridgehead atoms. The summed E-state index contributed by atoms with van der Waals surface area (Å²) < 4.78 is 19.0. The molecule has 0 spiro atoms. The fraction of sp³-hybridized carbons (Fsp3) is 0.500. The Kier molecular flexibility index (Phi) is 7.07. The number of benzene rings is 1. The standard InChI is InChI=1S/C14H21FN2O2/c1-2-3-7-19-8-6-17-10-12-5-4-11(14(16)18)9-13(12)15/h4-5,9,17H,2-3,6-8,10H2,1H3,(H2,16,18). The summed E-state index contributed by atoms with van der Waals surface area (Å²) in [5.41, 5.74) is 5.77. The number of carbonyl (C=O) groups is 1. The Hall–Kier alpha value is -1.46. The van der Waals surface area contributed by atoms with Crippen LogP contribution in [-0.4, -0.2) is 25.7 Å². The van der Waals surface area contributed by atoms with Gasteiger partial charge in [0.1, 0.15) is 5.82 Å². The second kappa shape index (κ2) is 8.61. The first kappa shape index (κ1) is 15.6. The van der Waals surface area contributed by atoms with Crippen LogP contribution in [0.15, 0.2) is 18.2 Å². The maximum atomic E-state index is 13.6. The molecule has 5 heteroatoms. The van der Waals surface area contributed by atoms with Gasteiger partial charge in [0, 0.05) is 30.8 Å². The minimum atomic E-state index is -0.622. The average Bonchev–Trinajstić information content (AvgIpc) is 2.39. The number of carbonyl (C=O) groups excluding carboxylic acids is 1. The highest BCUT2D eigenvalue weighted by Gasteiger charge is 2.06. The van der Waals surface area contributed by atoms with Crippen LogP contribution in [-0.2, 0) is 11.3 Å². The molecule has 106 valence electrons. The lowest BCUT2D eigenvalue weighted by Gasteiger charge is -2.07. The molecule has 0 saturated heterocycles. The molecule has 1 aromatic carbocycles. The van der Waals surface area contributed by atoms with E-state index in [1.54, 1.807) is 6.07 Å². The molecule has 0 aliphatic rings. The van der Waals surface area contributed by atoms with Crippen molar-refractivity contribution in [2.45, 2.75) is 26.3 Å². The quantitative estimate of drug-likeness (QED) is 0.672. The van der Waals surface area contributed by atoms with Gasteiger partial charge in [0.25, 0.3) is 0 Å². The van der Waals surface area contributed by atoms with E-state index in [1.165, 1.54) is 6.07 Å². The van der Waals surface area contributed by atoms with Crippen LogP contribution in [0.25, 0.3) is 0 Å². The van der Waals surface area contributed by atoms with Crippen molar-refractivity contribution in [3.05, 3.63) is 35.1 Å². The number of ether oxygens (including phenoxy) is 1. The topological polar surface area (TPSA) is 64.3 Å². The lowest BCUT2D eigenvalue weighted by atomic mass is 10.1. The Balaban J connectivity index is 2.28. The Bertz CT molecular complexity index is 410. The number of primary amides is 1. The van der Waals surface area contributed by atoms with Crippen molar-refractivity contribution in [2.24, 2.45) is 5.73 Å². The third-order valence-electron chi connectivity index (χ3n) is 2.72. The van der Waals surface area contributed by atoms with Gasteiger partial charge in [-0.1, -0.05) is 19.4 Å². The van der Waals surface area contributed by atoms with Gasteiger partial charge in [-0.15, -0.1) is 0 Å². The normalized spacial score (nSPS) is 10.6. The number of amides is 1. The number of nitrogens with two attached hydrogens (primary N) is 1. The molecule has 1 rings (SSSR count). The van der Waals surface area contributed by atoms with Gasteiger partial charge < -0.3 is 15.8 Å². The summed E-state index contributed by atoms with van der Waals surface area (Å²) in [7, 11) is 0. The van der Waals surface area contributed by atoms with Crippen LogP contribution >= 0.6 is 0 Å². The molecule has 0 atom stereocenters. The van der Waals surface area contributed by atoms with Crippen molar-refractivity contribution in [2.75, 3.05) is 19.8 Å². The highest BCUT2D eigenvalue weighted by Crippen LogP contribution is 2.09. The van der Waals surface area contributed by atoms with Gasteiger partial charge in [0.05, 0.1) is 6.61 Å². The molecule has 0 aliphatic heterocycles. The van der Waals surface area contributed by atoms with Gasteiger partial charge in [-0.3, -0.25) is 4.79 Å². The molecule has 19 heavy (non-hydrogen) atoms. The summed E-state index contributed by atoms with van der Waals surface area (Å²) in [6.07, 6.45) is 2.17. The Morgan fingerprint density at radius 3 is 2.84 bits per heavy atom. The second-order valence-corrected chi connectivity index (χ2v) is 4.31. The molecule has 0 aliphatic carbocycles. The second-order valence-electron chi connectivity index (χ2n) is 4.31. The Morgan fingerprint density at radius 2 is 2.21 bits per heavy atom. The SMILES string of the molecule is CCCCOCCNCc1ccc(C(N)=O)cc1F. The minimum Gasteiger partial charge on any atom is -0.380 e. The molecule has 0 unspecified atom stereocenters. The zero-order valence-corrected chi connectivity index (χ0v) is 11.2. The maximum absolute atomic E-state index is 13.6. The summed E-state index contributed by atoms with van der Waals surface area (Å²) in [6.45, 7) is 4.56. The third-order valence-corrected chi connectivity index (χ3v) is 2.72. The van der Waals surface area contributed by atoms with E-state index in [2.05, 4.69) is 12.2 Å². The molecule has 3 N–H and O–H groups in total. The van der Waals surface area contributed by atoms with Gasteiger partial charge >= 0.3 is 0 Å². The van der Waals surface area contributed by atoms with Gasteiger partial charge in [0.2, 0.25) is 5.91 Å². The van der Waals surface area contributed by atoms with Crippen molar-refractivity contribution < 1.29 is 13.9 Å². The van der Waals surface area contributed by atoms with Crippen molar-refractivity contribution in [1.29, 1.82) is 0 Å². The lowest BCUT2D eigenvalue weighted by molar-refractivity contribution is 0.1000. The number of halogens is 1. The van der Waals surface area contributed by atoms with E-state index in [9.17, 15) is 9.18 Å². The van der Waals surface area contributed by atoms with Gasteiger partial charge in [0.15, 0.2) is 0 Å². The largest absolute Gasteiger partial charge is 0.380 e. The fourth-order valence-corrected chi connectivity index (χ4v) is 1.56. The first-order valence-corrected chi connectivity index (χ1v) is 6.51. The van der Waals surface area contributed by atoms with E-state index in [1.807, 2.05) is 0 Å². The molecule has 0 radical (unpaired) electrons. The molecule has 0 aromatic heterocycles. The van der Waals surface area contributed by atoms with Crippen LogP contribution in [0.4, 0.5) is 4.39 Å². The zero-order chi connectivity index (χ0) is 14.1. The molecule has 0 heterocycles. The van der Waals surface area contributed by atoms with E-state index in [0.717, 1.165) is 25.5 Å². The molecular formula is C14H21FN2O2.